The van der Waals surface area contributed by atoms with Crippen LogP contribution >= 0.6 is 39.1 Å². The maximum absolute atomic E-state index is 14.0. The third kappa shape index (κ3) is 5.18. The van der Waals surface area contributed by atoms with E-state index in [2.05, 4.69) is 26.6 Å². The van der Waals surface area contributed by atoms with Crippen molar-refractivity contribution in [2.45, 2.75) is 31.2 Å². The molecule has 1 aliphatic heterocycles. The summed E-state index contributed by atoms with van der Waals surface area (Å²) >= 11 is 15.5. The Labute approximate surface area is 221 Å². The second kappa shape index (κ2) is 9.81. The topological polar surface area (TPSA) is 95.6 Å². The molecule has 0 saturated carbocycles. The third-order valence-electron chi connectivity index (χ3n) is 5.52. The van der Waals surface area contributed by atoms with Gasteiger partial charge >= 0.3 is 0 Å². The second-order valence-corrected chi connectivity index (χ2v) is 11.6. The minimum Gasteiger partial charge on any atom is -0.326 e. The molecule has 7 nitrogen and oxygen atoms in total. The van der Waals surface area contributed by atoms with Crippen molar-refractivity contribution in [3.63, 3.8) is 0 Å². The van der Waals surface area contributed by atoms with Crippen molar-refractivity contribution in [3.05, 3.63) is 80.2 Å². The number of halogens is 3. The van der Waals surface area contributed by atoms with E-state index < -0.39 is 34.3 Å². The van der Waals surface area contributed by atoms with E-state index in [1.807, 2.05) is 0 Å². The molecule has 2 amide bonds. The van der Waals surface area contributed by atoms with Crippen LogP contribution in [0.25, 0.3) is 0 Å². The first-order valence-electron chi connectivity index (χ1n) is 10.4. The molecule has 1 atom stereocenters. The van der Waals surface area contributed by atoms with Gasteiger partial charge in [-0.3, -0.25) is 13.9 Å². The minimum absolute atomic E-state index is 0.00298. The number of rotatable bonds is 5. The van der Waals surface area contributed by atoms with E-state index in [0.717, 1.165) is 4.31 Å². The molecule has 182 valence electrons. The Morgan fingerprint density at radius 2 is 1.83 bits per heavy atom. The minimum atomic E-state index is -4.27. The molecule has 1 unspecified atom stereocenters. The van der Waals surface area contributed by atoms with Crippen LogP contribution < -0.4 is 14.9 Å². The highest BCUT2D eigenvalue weighted by Gasteiger charge is 2.42. The molecule has 4 rings (SSSR count). The highest BCUT2D eigenvalue weighted by atomic mass is 79.9. The molecule has 0 radical (unpaired) electrons. The molecule has 11 heteroatoms. The molecule has 1 heterocycles. The standard InChI is InChI=1S/C24H20BrCl2N3O4S/c1-13-9-22(14(2)8-18(13)27)35(33,34)30-20-7-6-15(25)10-19(20)29-24(32)21(30)12-23(31)28-17-5-3-4-16(26)11-17/h3-11,21H,12H2,1-2H3,(H,28,31)(H,29,32). The Morgan fingerprint density at radius 1 is 1.09 bits per heavy atom. The van der Waals surface area contributed by atoms with Gasteiger partial charge in [-0.2, -0.15) is 0 Å². The van der Waals surface area contributed by atoms with Gasteiger partial charge in [-0.05, 0) is 73.5 Å². The van der Waals surface area contributed by atoms with Crippen LogP contribution in [0.2, 0.25) is 10.0 Å². The zero-order valence-corrected chi connectivity index (χ0v) is 22.5. The molecule has 2 N–H and O–H groups in total. The van der Waals surface area contributed by atoms with Gasteiger partial charge in [-0.15, -0.1) is 0 Å². The number of sulfonamides is 1. The van der Waals surface area contributed by atoms with Crippen molar-refractivity contribution in [1.29, 1.82) is 0 Å². The highest BCUT2D eigenvalue weighted by Crippen LogP contribution is 2.40. The van der Waals surface area contributed by atoms with Crippen LogP contribution in [0.5, 0.6) is 0 Å². The number of carbonyl (C=O) groups is 2. The lowest BCUT2D eigenvalue weighted by Crippen LogP contribution is -2.52. The van der Waals surface area contributed by atoms with Gasteiger partial charge in [0.1, 0.15) is 6.04 Å². The van der Waals surface area contributed by atoms with Gasteiger partial charge in [0, 0.05) is 20.2 Å². The fourth-order valence-electron chi connectivity index (χ4n) is 3.86. The molecular weight excluding hydrogens is 577 g/mol. The normalized spacial score (nSPS) is 15.4. The molecule has 0 aliphatic carbocycles. The number of hydrogen-bond donors (Lipinski definition) is 2. The van der Waals surface area contributed by atoms with Gasteiger partial charge in [0.2, 0.25) is 11.8 Å². The molecule has 0 aromatic heterocycles. The monoisotopic (exact) mass is 595 g/mol. The average Bonchev–Trinajstić information content (AvgIpc) is 2.76. The highest BCUT2D eigenvalue weighted by molar-refractivity contribution is 9.10. The Morgan fingerprint density at radius 3 is 2.54 bits per heavy atom. The lowest BCUT2D eigenvalue weighted by molar-refractivity contribution is -0.122. The summed E-state index contributed by atoms with van der Waals surface area (Å²) in [5.74, 6) is -1.17. The van der Waals surface area contributed by atoms with Crippen LogP contribution in [0, 0.1) is 13.8 Å². The Kier molecular flexibility index (Phi) is 7.15. The van der Waals surface area contributed by atoms with E-state index in [1.165, 1.54) is 6.07 Å². The summed E-state index contributed by atoms with van der Waals surface area (Å²) in [5, 5.41) is 6.25. The van der Waals surface area contributed by atoms with Crippen LogP contribution in [0.15, 0.2) is 64.0 Å². The van der Waals surface area contributed by atoms with E-state index in [9.17, 15) is 18.0 Å². The first kappa shape index (κ1) is 25.5. The van der Waals surface area contributed by atoms with Gasteiger partial charge in [-0.1, -0.05) is 45.2 Å². The first-order chi connectivity index (χ1) is 16.5. The second-order valence-electron chi connectivity index (χ2n) is 8.10. The van der Waals surface area contributed by atoms with Crippen LogP contribution in [0.1, 0.15) is 17.5 Å². The number of anilines is 3. The van der Waals surface area contributed by atoms with E-state index in [-0.39, 0.29) is 10.6 Å². The smallest absolute Gasteiger partial charge is 0.265 e. The zero-order valence-electron chi connectivity index (χ0n) is 18.6. The number of hydrogen-bond acceptors (Lipinski definition) is 4. The largest absolute Gasteiger partial charge is 0.326 e. The number of fused-ring (bicyclic) bond motifs is 1. The molecule has 0 fully saturated rings. The molecule has 0 saturated heterocycles. The van der Waals surface area contributed by atoms with Crippen molar-refractivity contribution in [1.82, 2.24) is 0 Å². The van der Waals surface area contributed by atoms with Gasteiger partial charge in [0.15, 0.2) is 0 Å². The van der Waals surface area contributed by atoms with E-state index in [4.69, 9.17) is 23.2 Å². The predicted octanol–water partition coefficient (Wildman–Crippen LogP) is 5.92. The summed E-state index contributed by atoms with van der Waals surface area (Å²) in [6, 6.07) is 13.1. The zero-order chi connectivity index (χ0) is 25.5. The van der Waals surface area contributed by atoms with Crippen LogP contribution in [0.4, 0.5) is 17.1 Å². The lowest BCUT2D eigenvalue weighted by atomic mass is 10.1. The van der Waals surface area contributed by atoms with Gasteiger partial charge in [-0.25, -0.2) is 8.42 Å². The summed E-state index contributed by atoms with van der Waals surface area (Å²) in [6.45, 7) is 3.33. The average molecular weight is 597 g/mol. The molecule has 0 bridgehead atoms. The van der Waals surface area contributed by atoms with Crippen molar-refractivity contribution >= 4 is 78.0 Å². The number of amides is 2. The summed E-state index contributed by atoms with van der Waals surface area (Å²) in [7, 11) is -4.27. The number of aryl methyl sites for hydroxylation is 2. The van der Waals surface area contributed by atoms with E-state index in [1.54, 1.807) is 62.4 Å². The first-order valence-corrected chi connectivity index (χ1v) is 13.4. The quantitative estimate of drug-likeness (QED) is 0.382. The van der Waals surface area contributed by atoms with Crippen LogP contribution in [0.3, 0.4) is 0 Å². The number of nitrogens with one attached hydrogen (secondary N) is 2. The van der Waals surface area contributed by atoms with E-state index >= 15 is 0 Å². The predicted molar refractivity (Wildman–Crippen MR) is 142 cm³/mol. The summed E-state index contributed by atoms with van der Waals surface area (Å²) in [5.41, 5.74) is 1.99. The maximum Gasteiger partial charge on any atom is 0.265 e. The fraction of sp³-hybridized carbons (Fsp3) is 0.167. The van der Waals surface area contributed by atoms with Crippen LogP contribution in [-0.4, -0.2) is 26.3 Å². The molecule has 35 heavy (non-hydrogen) atoms. The number of benzene rings is 3. The molecule has 1 aliphatic rings. The van der Waals surface area contributed by atoms with Gasteiger partial charge in [0.25, 0.3) is 10.0 Å². The van der Waals surface area contributed by atoms with E-state index in [0.29, 0.717) is 37.0 Å². The maximum atomic E-state index is 14.0. The summed E-state index contributed by atoms with van der Waals surface area (Å²) in [4.78, 5) is 26.1. The van der Waals surface area contributed by atoms with Crippen molar-refractivity contribution in [3.8, 4) is 0 Å². The Bertz CT molecular complexity index is 1460. The van der Waals surface area contributed by atoms with Crippen LogP contribution in [-0.2, 0) is 19.6 Å². The van der Waals surface area contributed by atoms with Crippen molar-refractivity contribution in [2.75, 3.05) is 14.9 Å². The summed E-state index contributed by atoms with van der Waals surface area (Å²) in [6.07, 6.45) is -0.418. The van der Waals surface area contributed by atoms with Gasteiger partial charge in [0.05, 0.1) is 22.7 Å². The molecule has 3 aromatic rings. The molecule has 3 aromatic carbocycles. The lowest BCUT2D eigenvalue weighted by Gasteiger charge is -2.37. The van der Waals surface area contributed by atoms with Crippen molar-refractivity contribution in [2.24, 2.45) is 0 Å². The van der Waals surface area contributed by atoms with Gasteiger partial charge < -0.3 is 10.6 Å². The van der Waals surface area contributed by atoms with Crippen molar-refractivity contribution < 1.29 is 18.0 Å². The third-order valence-corrected chi connectivity index (χ3v) is 8.62. The molecule has 0 spiro atoms. The number of nitrogens with zero attached hydrogens (tertiary/aromatic N) is 1. The Hall–Kier alpha value is -2.59. The SMILES string of the molecule is Cc1cc(S(=O)(=O)N2c3ccc(Br)cc3NC(=O)C2CC(=O)Nc2cccc(Cl)c2)c(C)cc1Cl. The fourth-order valence-corrected chi connectivity index (χ4v) is 6.55. The summed E-state index contributed by atoms with van der Waals surface area (Å²) < 4.78 is 29.7. The molecular formula is C24H20BrCl2N3O4S. The Balaban J connectivity index is 1.79. The number of carbonyl (C=O) groups excluding carboxylic acids is 2.